The number of aromatic nitrogens is 2. The van der Waals surface area contributed by atoms with Gasteiger partial charge in [-0.1, -0.05) is 17.2 Å². The van der Waals surface area contributed by atoms with Gasteiger partial charge in [-0.15, -0.1) is 5.10 Å². The molecule has 0 saturated heterocycles. The van der Waals surface area contributed by atoms with Crippen LogP contribution in [-0.2, 0) is 4.79 Å². The van der Waals surface area contributed by atoms with Crippen LogP contribution >= 0.6 is 0 Å². The summed E-state index contributed by atoms with van der Waals surface area (Å²) in [6, 6.07) is 7.35. The van der Waals surface area contributed by atoms with Crippen molar-refractivity contribution in [3.05, 3.63) is 41.8 Å². The van der Waals surface area contributed by atoms with Crippen molar-refractivity contribution in [3.63, 3.8) is 0 Å². The van der Waals surface area contributed by atoms with Crippen LogP contribution in [0.15, 0.2) is 34.8 Å². The number of anilines is 2. The van der Waals surface area contributed by atoms with Crippen LogP contribution < -0.4 is 11.1 Å². The monoisotopic (exact) mass is 270 g/mol. The van der Waals surface area contributed by atoms with Gasteiger partial charge in [0.15, 0.2) is 0 Å². The summed E-state index contributed by atoms with van der Waals surface area (Å²) in [7, 11) is 0. The number of hydrogen-bond acceptors (Lipinski definition) is 5. The SMILES string of the molecule is Nc1ccc(/C=C/C(=O)Nc2nnc(C3CC3)o2)cc1. The maximum absolute atomic E-state index is 11.7. The normalized spacial score (nSPS) is 14.6. The van der Waals surface area contributed by atoms with Gasteiger partial charge in [-0.05, 0) is 36.6 Å². The molecule has 3 rings (SSSR count). The maximum atomic E-state index is 11.7. The summed E-state index contributed by atoms with van der Waals surface area (Å²) in [6.45, 7) is 0. The lowest BCUT2D eigenvalue weighted by Crippen LogP contribution is -2.07. The zero-order valence-corrected chi connectivity index (χ0v) is 10.7. The molecule has 1 heterocycles. The number of amides is 1. The van der Waals surface area contributed by atoms with Crippen LogP contribution in [0.2, 0.25) is 0 Å². The van der Waals surface area contributed by atoms with Gasteiger partial charge in [-0.3, -0.25) is 10.1 Å². The van der Waals surface area contributed by atoms with E-state index in [1.54, 1.807) is 18.2 Å². The molecule has 6 heteroatoms. The topological polar surface area (TPSA) is 94.0 Å². The quantitative estimate of drug-likeness (QED) is 0.656. The van der Waals surface area contributed by atoms with E-state index in [1.807, 2.05) is 12.1 Å². The molecule has 1 saturated carbocycles. The van der Waals surface area contributed by atoms with Crippen molar-refractivity contribution in [1.29, 1.82) is 0 Å². The Hall–Kier alpha value is -2.63. The number of nitrogens with zero attached hydrogens (tertiary/aromatic N) is 2. The van der Waals surface area contributed by atoms with Crippen molar-refractivity contribution in [2.45, 2.75) is 18.8 Å². The number of carbonyl (C=O) groups is 1. The second-order valence-corrected chi connectivity index (χ2v) is 4.71. The van der Waals surface area contributed by atoms with Gasteiger partial charge in [0.05, 0.1) is 0 Å². The number of carbonyl (C=O) groups excluding carboxylic acids is 1. The van der Waals surface area contributed by atoms with Crippen LogP contribution in [0.1, 0.15) is 30.2 Å². The predicted molar refractivity (Wildman–Crippen MR) is 74.8 cm³/mol. The lowest BCUT2D eigenvalue weighted by atomic mass is 10.2. The molecule has 1 amide bonds. The fourth-order valence-electron chi connectivity index (χ4n) is 1.71. The molecule has 1 fully saturated rings. The van der Waals surface area contributed by atoms with Gasteiger partial charge >= 0.3 is 6.01 Å². The van der Waals surface area contributed by atoms with Crippen molar-refractivity contribution in [3.8, 4) is 0 Å². The first-order valence-corrected chi connectivity index (χ1v) is 6.39. The van der Waals surface area contributed by atoms with E-state index in [9.17, 15) is 4.79 Å². The number of rotatable bonds is 4. The van der Waals surface area contributed by atoms with Gasteiger partial charge in [0.25, 0.3) is 5.91 Å². The third kappa shape index (κ3) is 3.03. The zero-order chi connectivity index (χ0) is 13.9. The second kappa shape index (κ2) is 5.16. The van der Waals surface area contributed by atoms with E-state index < -0.39 is 0 Å². The molecule has 1 aliphatic carbocycles. The first-order valence-electron chi connectivity index (χ1n) is 6.39. The lowest BCUT2D eigenvalue weighted by Gasteiger charge is -1.96. The summed E-state index contributed by atoms with van der Waals surface area (Å²) >= 11 is 0. The summed E-state index contributed by atoms with van der Waals surface area (Å²) in [4.78, 5) is 11.7. The second-order valence-electron chi connectivity index (χ2n) is 4.71. The van der Waals surface area contributed by atoms with Crippen LogP contribution in [0.3, 0.4) is 0 Å². The van der Waals surface area contributed by atoms with E-state index in [0.717, 1.165) is 18.4 Å². The minimum absolute atomic E-state index is 0.138. The van der Waals surface area contributed by atoms with Crippen LogP contribution in [0.5, 0.6) is 0 Å². The molecule has 1 aromatic carbocycles. The standard InChI is InChI=1S/C14H14N4O2/c15-11-6-1-9(2-7-11)3-8-12(19)16-14-18-17-13(20-14)10-4-5-10/h1-3,6-8,10H,4-5,15H2,(H,16,18,19)/b8-3+. The van der Waals surface area contributed by atoms with Gasteiger partial charge < -0.3 is 10.2 Å². The first kappa shape index (κ1) is 12.4. The van der Waals surface area contributed by atoms with E-state index in [0.29, 0.717) is 17.5 Å². The van der Waals surface area contributed by atoms with Crippen LogP contribution in [0.4, 0.5) is 11.7 Å². The molecule has 0 unspecified atom stereocenters. The summed E-state index contributed by atoms with van der Waals surface area (Å²) in [5.74, 6) is 0.661. The molecule has 3 N–H and O–H groups in total. The Morgan fingerprint density at radius 1 is 1.30 bits per heavy atom. The molecule has 0 atom stereocenters. The van der Waals surface area contributed by atoms with Gasteiger partial charge in [0.1, 0.15) is 0 Å². The Balaban J connectivity index is 1.59. The largest absolute Gasteiger partial charge is 0.408 e. The van der Waals surface area contributed by atoms with Crippen molar-refractivity contribution in [1.82, 2.24) is 10.2 Å². The van der Waals surface area contributed by atoms with E-state index in [1.165, 1.54) is 6.08 Å². The summed E-state index contributed by atoms with van der Waals surface area (Å²) < 4.78 is 5.34. The summed E-state index contributed by atoms with van der Waals surface area (Å²) in [5.41, 5.74) is 7.16. The molecule has 0 spiro atoms. The minimum Gasteiger partial charge on any atom is -0.408 e. The first-order chi connectivity index (χ1) is 9.70. The molecule has 0 aliphatic heterocycles. The third-order valence-corrected chi connectivity index (χ3v) is 2.96. The Morgan fingerprint density at radius 3 is 2.75 bits per heavy atom. The Morgan fingerprint density at radius 2 is 2.05 bits per heavy atom. The van der Waals surface area contributed by atoms with Crippen molar-refractivity contribution >= 4 is 23.7 Å². The molecule has 1 aromatic heterocycles. The lowest BCUT2D eigenvalue weighted by molar-refractivity contribution is -0.112. The van der Waals surface area contributed by atoms with Crippen LogP contribution in [0, 0.1) is 0 Å². The molecule has 0 bridgehead atoms. The number of nitrogens with two attached hydrogens (primary N) is 1. The van der Waals surface area contributed by atoms with E-state index in [2.05, 4.69) is 15.5 Å². The van der Waals surface area contributed by atoms with Gasteiger partial charge in [0, 0.05) is 17.7 Å². The smallest absolute Gasteiger partial charge is 0.322 e. The third-order valence-electron chi connectivity index (χ3n) is 2.96. The van der Waals surface area contributed by atoms with E-state index >= 15 is 0 Å². The maximum Gasteiger partial charge on any atom is 0.322 e. The highest BCUT2D eigenvalue weighted by Crippen LogP contribution is 2.39. The highest BCUT2D eigenvalue weighted by molar-refractivity contribution is 6.00. The van der Waals surface area contributed by atoms with Crippen LogP contribution in [-0.4, -0.2) is 16.1 Å². The average molecular weight is 270 g/mol. The number of hydrogen-bond donors (Lipinski definition) is 2. The van der Waals surface area contributed by atoms with Gasteiger partial charge in [-0.2, -0.15) is 0 Å². The molecular weight excluding hydrogens is 256 g/mol. The van der Waals surface area contributed by atoms with Crippen molar-refractivity contribution in [2.24, 2.45) is 0 Å². The van der Waals surface area contributed by atoms with Crippen LogP contribution in [0.25, 0.3) is 6.08 Å². The van der Waals surface area contributed by atoms with E-state index in [4.69, 9.17) is 10.2 Å². The van der Waals surface area contributed by atoms with Gasteiger partial charge in [0.2, 0.25) is 5.89 Å². The molecule has 6 nitrogen and oxygen atoms in total. The fourth-order valence-corrected chi connectivity index (χ4v) is 1.71. The number of benzene rings is 1. The van der Waals surface area contributed by atoms with Gasteiger partial charge in [-0.25, -0.2) is 0 Å². The minimum atomic E-state index is -0.312. The molecule has 102 valence electrons. The fraction of sp³-hybridized carbons (Fsp3) is 0.214. The molecule has 0 radical (unpaired) electrons. The Bertz CT molecular complexity index is 641. The number of nitrogen functional groups attached to an aromatic ring is 1. The highest BCUT2D eigenvalue weighted by Gasteiger charge is 2.29. The molecular formula is C14H14N4O2. The average Bonchev–Trinajstić information content (AvgIpc) is 3.19. The summed E-state index contributed by atoms with van der Waals surface area (Å²) in [5, 5.41) is 10.2. The number of nitrogens with one attached hydrogen (secondary N) is 1. The highest BCUT2D eigenvalue weighted by atomic mass is 16.4. The Labute approximate surface area is 115 Å². The predicted octanol–water partition coefficient (Wildman–Crippen LogP) is 2.18. The zero-order valence-electron chi connectivity index (χ0n) is 10.7. The van der Waals surface area contributed by atoms with E-state index in [-0.39, 0.29) is 11.9 Å². The van der Waals surface area contributed by atoms with Crippen molar-refractivity contribution < 1.29 is 9.21 Å². The molecule has 2 aromatic rings. The molecule has 20 heavy (non-hydrogen) atoms. The Kier molecular flexibility index (Phi) is 3.20. The summed E-state index contributed by atoms with van der Waals surface area (Å²) in [6.07, 6.45) is 5.25. The molecule has 1 aliphatic rings. The van der Waals surface area contributed by atoms with Crippen molar-refractivity contribution in [2.75, 3.05) is 11.1 Å².